The first-order chi connectivity index (χ1) is 23.7. The van der Waals surface area contributed by atoms with Crippen molar-refractivity contribution in [2.24, 2.45) is 5.73 Å². The van der Waals surface area contributed by atoms with Crippen LogP contribution in [0.25, 0.3) is 22.2 Å². The molecule has 12 nitrogen and oxygen atoms in total. The summed E-state index contributed by atoms with van der Waals surface area (Å²) in [5.41, 5.74) is -1.10. The Morgan fingerprint density at radius 1 is 1.10 bits per heavy atom. The minimum absolute atomic E-state index is 0.0300. The number of aliphatic hydroxyl groups is 1. The number of fused-ring (bicyclic) bond motifs is 2. The second kappa shape index (κ2) is 13.1. The molecule has 3 heterocycles. The van der Waals surface area contributed by atoms with Crippen molar-refractivity contribution in [2.45, 2.75) is 43.1 Å². The molecule has 0 radical (unpaired) electrons. The lowest BCUT2D eigenvalue weighted by Crippen LogP contribution is -2.52. The van der Waals surface area contributed by atoms with Crippen molar-refractivity contribution in [3.63, 3.8) is 0 Å². The Morgan fingerprint density at radius 2 is 1.84 bits per heavy atom. The molecule has 5 N–H and O–H groups in total. The largest absolute Gasteiger partial charge is 0.489 e. The molecule has 0 saturated heterocycles. The Hall–Kier alpha value is -5.51. The number of aromatic nitrogens is 2. The Balaban J connectivity index is 1.37. The number of rotatable bonds is 11. The maximum Gasteiger partial charge on any atom is 0.424 e. The summed E-state index contributed by atoms with van der Waals surface area (Å²) in [6.45, 7) is -0.754. The van der Waals surface area contributed by atoms with Crippen LogP contribution in [-0.4, -0.2) is 71.6 Å². The maximum absolute atomic E-state index is 14.9. The molecule has 1 aliphatic heterocycles. The Labute approximate surface area is 281 Å². The highest BCUT2D eigenvalue weighted by atomic mass is 19.4. The van der Waals surface area contributed by atoms with Crippen LogP contribution in [0.3, 0.4) is 0 Å². The standard InChI is InChI=1S/C34H31F4N5O7/c1-32(30(45)41-11-12-48-31(39)46)17-49-28-23(32)15-25(43-27(28)18-4-6-21(35)7-5-18)33(47,34(36,37)38)16-42-29(44)20-13-19-3-2-10-40-26(19)24(14-20)50-22-8-9-22/h2-7,10,13-15,22,47H,8-9,11-12,16-17H2,1H3,(H2,39,46)(H,41,45)(H,42,44)/t32-,33-/m0/s1. The van der Waals surface area contributed by atoms with Gasteiger partial charge in [0.25, 0.3) is 5.91 Å². The van der Waals surface area contributed by atoms with E-state index in [0.29, 0.717) is 16.7 Å². The van der Waals surface area contributed by atoms with E-state index in [1.807, 2.05) is 0 Å². The first-order valence-corrected chi connectivity index (χ1v) is 15.5. The van der Waals surface area contributed by atoms with Crippen molar-refractivity contribution >= 4 is 28.8 Å². The van der Waals surface area contributed by atoms with Crippen molar-refractivity contribution in [2.75, 3.05) is 26.3 Å². The summed E-state index contributed by atoms with van der Waals surface area (Å²) >= 11 is 0. The van der Waals surface area contributed by atoms with Gasteiger partial charge in [-0.05, 0) is 68.3 Å². The second-order valence-electron chi connectivity index (χ2n) is 12.2. The molecular formula is C34H31F4N5O7. The van der Waals surface area contributed by atoms with Crippen molar-refractivity contribution in [1.29, 1.82) is 0 Å². The van der Waals surface area contributed by atoms with Gasteiger partial charge in [-0.2, -0.15) is 13.2 Å². The summed E-state index contributed by atoms with van der Waals surface area (Å²) in [4.78, 5) is 46.1. The average Bonchev–Trinajstić information content (AvgIpc) is 3.84. The summed E-state index contributed by atoms with van der Waals surface area (Å²) < 4.78 is 75.0. The molecule has 3 amide bonds. The third-order valence-corrected chi connectivity index (χ3v) is 8.47. The summed E-state index contributed by atoms with van der Waals surface area (Å²) in [7, 11) is 0. The van der Waals surface area contributed by atoms with Crippen LogP contribution in [0, 0.1) is 5.82 Å². The van der Waals surface area contributed by atoms with E-state index in [-0.39, 0.29) is 54.0 Å². The molecular weight excluding hydrogens is 666 g/mol. The molecule has 262 valence electrons. The third kappa shape index (κ3) is 6.70. The molecule has 2 aromatic heterocycles. The SMILES string of the molecule is C[C@]1(C(=O)NCCOC(N)=O)COc2c1cc([C@@](O)(CNC(=O)c1cc(OC3CC3)c3ncccc3c1)C(F)(F)F)nc2-c1ccc(F)cc1. The minimum atomic E-state index is -5.40. The van der Waals surface area contributed by atoms with Gasteiger partial charge in [-0.25, -0.2) is 14.2 Å². The molecule has 2 aromatic carbocycles. The van der Waals surface area contributed by atoms with Gasteiger partial charge in [0, 0.05) is 28.3 Å². The van der Waals surface area contributed by atoms with Gasteiger partial charge in [0.05, 0.1) is 24.9 Å². The number of benzene rings is 2. The number of alkyl halides is 3. The molecule has 0 unspecified atom stereocenters. The van der Waals surface area contributed by atoms with Gasteiger partial charge in [-0.15, -0.1) is 0 Å². The lowest BCUT2D eigenvalue weighted by atomic mass is 9.81. The van der Waals surface area contributed by atoms with Crippen LogP contribution in [0.5, 0.6) is 11.5 Å². The summed E-state index contributed by atoms with van der Waals surface area (Å²) in [6.07, 6.45) is -3.36. The number of nitrogens with two attached hydrogens (primary N) is 1. The zero-order valence-electron chi connectivity index (χ0n) is 26.5. The molecule has 1 fully saturated rings. The van der Waals surface area contributed by atoms with Gasteiger partial charge in [-0.3, -0.25) is 14.6 Å². The first-order valence-electron chi connectivity index (χ1n) is 15.5. The number of pyridine rings is 2. The van der Waals surface area contributed by atoms with Crippen molar-refractivity contribution in [3.05, 3.63) is 83.4 Å². The van der Waals surface area contributed by atoms with Gasteiger partial charge < -0.3 is 35.7 Å². The Bertz CT molecular complexity index is 1970. The third-order valence-electron chi connectivity index (χ3n) is 8.47. The van der Waals surface area contributed by atoms with E-state index >= 15 is 0 Å². The van der Waals surface area contributed by atoms with E-state index in [2.05, 4.69) is 25.3 Å². The van der Waals surface area contributed by atoms with Crippen LogP contribution >= 0.6 is 0 Å². The van der Waals surface area contributed by atoms with Crippen LogP contribution in [0.2, 0.25) is 0 Å². The van der Waals surface area contributed by atoms with Crippen LogP contribution in [0.1, 0.15) is 41.4 Å². The fraction of sp³-hybridized carbons (Fsp3) is 0.324. The van der Waals surface area contributed by atoms with Crippen LogP contribution in [0.4, 0.5) is 22.4 Å². The lowest BCUT2D eigenvalue weighted by molar-refractivity contribution is -0.265. The van der Waals surface area contributed by atoms with E-state index in [9.17, 15) is 37.1 Å². The molecule has 50 heavy (non-hydrogen) atoms. The van der Waals surface area contributed by atoms with Crippen molar-refractivity contribution < 1.29 is 51.3 Å². The quantitative estimate of drug-likeness (QED) is 0.133. The molecule has 1 saturated carbocycles. The Kier molecular flexibility index (Phi) is 8.98. The molecule has 16 heteroatoms. The first kappa shape index (κ1) is 34.4. The summed E-state index contributed by atoms with van der Waals surface area (Å²) in [5.74, 6) is -2.04. The number of halogens is 4. The van der Waals surface area contributed by atoms with Crippen molar-refractivity contribution in [3.8, 4) is 22.8 Å². The number of carbonyl (C=O) groups is 3. The zero-order chi connectivity index (χ0) is 35.8. The average molecular weight is 698 g/mol. The number of amides is 3. The number of hydrogen-bond donors (Lipinski definition) is 4. The van der Waals surface area contributed by atoms with Gasteiger partial charge in [0.1, 0.15) is 47.2 Å². The second-order valence-corrected chi connectivity index (χ2v) is 12.2. The smallest absolute Gasteiger partial charge is 0.424 e. The van der Waals surface area contributed by atoms with Crippen molar-refractivity contribution in [1.82, 2.24) is 20.6 Å². The molecule has 1 aliphatic carbocycles. The maximum atomic E-state index is 14.9. The lowest BCUT2D eigenvalue weighted by Gasteiger charge is -2.31. The molecule has 0 bridgehead atoms. The molecule has 0 spiro atoms. The molecule has 4 aromatic rings. The van der Waals surface area contributed by atoms with Crippen LogP contribution in [0.15, 0.2) is 60.8 Å². The number of carbonyl (C=O) groups excluding carboxylic acids is 3. The van der Waals surface area contributed by atoms with E-state index < -0.39 is 53.2 Å². The molecule has 2 atom stereocenters. The monoisotopic (exact) mass is 697 g/mol. The van der Waals surface area contributed by atoms with E-state index in [1.165, 1.54) is 31.2 Å². The fourth-order valence-corrected chi connectivity index (χ4v) is 5.49. The highest BCUT2D eigenvalue weighted by Gasteiger charge is 2.58. The van der Waals surface area contributed by atoms with Gasteiger partial charge in [-0.1, -0.05) is 6.07 Å². The van der Waals surface area contributed by atoms with E-state index in [4.69, 9.17) is 15.2 Å². The van der Waals surface area contributed by atoms with Crippen LogP contribution < -0.4 is 25.8 Å². The van der Waals surface area contributed by atoms with Gasteiger partial charge in [0.15, 0.2) is 0 Å². The van der Waals surface area contributed by atoms with Gasteiger partial charge in [0.2, 0.25) is 11.5 Å². The Morgan fingerprint density at radius 3 is 2.52 bits per heavy atom. The number of primary amides is 1. The fourth-order valence-electron chi connectivity index (χ4n) is 5.49. The molecule has 2 aliphatic rings. The number of ether oxygens (including phenoxy) is 3. The highest BCUT2D eigenvalue weighted by Crippen LogP contribution is 2.48. The predicted octanol–water partition coefficient (Wildman–Crippen LogP) is 4.02. The van der Waals surface area contributed by atoms with E-state index in [0.717, 1.165) is 31.0 Å². The number of hydrogen-bond acceptors (Lipinski definition) is 9. The van der Waals surface area contributed by atoms with E-state index in [1.54, 1.807) is 18.3 Å². The minimum Gasteiger partial charge on any atom is -0.489 e. The summed E-state index contributed by atoms with van der Waals surface area (Å²) in [5, 5.41) is 16.7. The zero-order valence-corrected chi connectivity index (χ0v) is 26.5. The topological polar surface area (TPSA) is 175 Å². The number of nitrogens with zero attached hydrogens (tertiary/aromatic N) is 2. The van der Waals surface area contributed by atoms with Gasteiger partial charge >= 0.3 is 12.3 Å². The predicted molar refractivity (Wildman–Crippen MR) is 169 cm³/mol. The van der Waals surface area contributed by atoms with Crippen LogP contribution in [-0.2, 0) is 20.5 Å². The number of nitrogens with one attached hydrogen (secondary N) is 2. The normalized spacial score (nSPS) is 18.0. The molecule has 6 rings (SSSR count). The summed E-state index contributed by atoms with van der Waals surface area (Å²) in [6, 6.07) is 11.7. The highest BCUT2D eigenvalue weighted by molar-refractivity contribution is 6.00.